The molecule has 0 amide bonds. The van der Waals surface area contributed by atoms with Gasteiger partial charge in [0.2, 0.25) is 0 Å². The van der Waals surface area contributed by atoms with Crippen LogP contribution < -0.4 is 0 Å². The molecule has 0 aliphatic carbocycles. The van der Waals surface area contributed by atoms with Gasteiger partial charge in [0.15, 0.2) is 0 Å². The smallest absolute Gasteiger partial charge is 0.0280 e. The molecule has 0 bridgehead atoms. The molecule has 1 radical (unpaired) electrons. The van der Waals surface area contributed by atoms with E-state index in [9.17, 15) is 0 Å². The molecule has 1 heteroatoms. The van der Waals surface area contributed by atoms with Crippen LogP contribution in [0.25, 0.3) is 0 Å². The first-order valence-electron chi connectivity index (χ1n) is 7.34. The second kappa shape index (κ2) is 8.71. The van der Waals surface area contributed by atoms with Crippen molar-refractivity contribution in [3.8, 4) is 0 Å². The SMILES string of the molecule is c1ccc(CCC[SiH]CCCc2ccccc2)cc1. The van der Waals surface area contributed by atoms with Gasteiger partial charge in [-0.2, -0.15) is 0 Å². The number of aryl methyl sites for hydroxylation is 2. The molecule has 0 spiro atoms. The van der Waals surface area contributed by atoms with Gasteiger partial charge in [-0.3, -0.25) is 0 Å². The predicted octanol–water partition coefficient (Wildman–Crippen LogP) is 4.53. The van der Waals surface area contributed by atoms with E-state index in [0.717, 1.165) is 0 Å². The van der Waals surface area contributed by atoms with Gasteiger partial charge in [0.1, 0.15) is 0 Å². The zero-order valence-corrected chi connectivity index (χ0v) is 12.7. The van der Waals surface area contributed by atoms with E-state index in [1.54, 1.807) is 0 Å². The van der Waals surface area contributed by atoms with Gasteiger partial charge in [-0.05, 0) is 24.0 Å². The number of hydrogen-bond acceptors (Lipinski definition) is 0. The van der Waals surface area contributed by atoms with Crippen LogP contribution in [0.5, 0.6) is 0 Å². The second-order valence-electron chi connectivity index (χ2n) is 5.04. The van der Waals surface area contributed by atoms with E-state index in [4.69, 9.17) is 0 Å². The van der Waals surface area contributed by atoms with Crippen LogP contribution in [0.4, 0.5) is 0 Å². The Balaban J connectivity index is 1.49. The third kappa shape index (κ3) is 5.89. The van der Waals surface area contributed by atoms with Gasteiger partial charge >= 0.3 is 0 Å². The molecule has 0 saturated heterocycles. The maximum absolute atomic E-state index is 2.24. The van der Waals surface area contributed by atoms with Gasteiger partial charge in [-0.15, -0.1) is 0 Å². The number of benzene rings is 2. The molecule has 0 aromatic heterocycles. The summed E-state index contributed by atoms with van der Waals surface area (Å²) in [6.07, 6.45) is 5.24. The Morgan fingerprint density at radius 3 is 1.42 bits per heavy atom. The fraction of sp³-hybridized carbons (Fsp3) is 0.333. The zero-order chi connectivity index (χ0) is 13.2. The quantitative estimate of drug-likeness (QED) is 0.487. The molecule has 2 aromatic carbocycles. The zero-order valence-electron chi connectivity index (χ0n) is 11.6. The van der Waals surface area contributed by atoms with E-state index in [1.165, 1.54) is 48.9 Å². The molecular weight excluding hydrogens is 244 g/mol. The summed E-state index contributed by atoms with van der Waals surface area (Å²) >= 11 is 0. The lowest BCUT2D eigenvalue weighted by molar-refractivity contribution is 0.884. The highest BCUT2D eigenvalue weighted by Crippen LogP contribution is 2.08. The minimum Gasteiger partial charge on any atom is -0.0622 e. The van der Waals surface area contributed by atoms with E-state index in [-0.39, 0.29) is 0 Å². The summed E-state index contributed by atoms with van der Waals surface area (Å²) in [4.78, 5) is 0. The fourth-order valence-electron chi connectivity index (χ4n) is 2.33. The summed E-state index contributed by atoms with van der Waals surface area (Å²) in [7, 11) is 0.658. The van der Waals surface area contributed by atoms with Crippen molar-refractivity contribution in [1.29, 1.82) is 0 Å². The molecule has 0 saturated carbocycles. The van der Waals surface area contributed by atoms with Gasteiger partial charge in [0.25, 0.3) is 0 Å². The van der Waals surface area contributed by atoms with Crippen LogP contribution in [-0.4, -0.2) is 9.52 Å². The average molecular weight is 267 g/mol. The predicted molar refractivity (Wildman–Crippen MR) is 86.3 cm³/mol. The van der Waals surface area contributed by atoms with E-state index < -0.39 is 0 Å². The van der Waals surface area contributed by atoms with E-state index in [2.05, 4.69) is 60.7 Å². The van der Waals surface area contributed by atoms with Crippen LogP contribution in [0.15, 0.2) is 60.7 Å². The summed E-state index contributed by atoms with van der Waals surface area (Å²) in [6, 6.07) is 24.6. The Bertz CT molecular complexity index is 392. The van der Waals surface area contributed by atoms with E-state index in [1.807, 2.05) is 0 Å². The first kappa shape index (κ1) is 14.1. The molecule has 0 fully saturated rings. The van der Waals surface area contributed by atoms with Gasteiger partial charge in [-0.25, -0.2) is 0 Å². The van der Waals surface area contributed by atoms with Gasteiger partial charge < -0.3 is 0 Å². The van der Waals surface area contributed by atoms with Crippen molar-refractivity contribution in [2.45, 2.75) is 37.8 Å². The highest BCUT2D eigenvalue weighted by atomic mass is 28.2. The normalized spacial score (nSPS) is 10.5. The summed E-state index contributed by atoms with van der Waals surface area (Å²) in [5.74, 6) is 0. The molecule has 0 aliphatic rings. The first-order valence-corrected chi connectivity index (χ1v) is 8.98. The van der Waals surface area contributed by atoms with Gasteiger partial charge in [-0.1, -0.05) is 85.6 Å². The third-order valence-corrected chi connectivity index (χ3v) is 5.07. The van der Waals surface area contributed by atoms with E-state index >= 15 is 0 Å². The molecule has 0 unspecified atom stereocenters. The molecule has 0 atom stereocenters. The van der Waals surface area contributed by atoms with Crippen molar-refractivity contribution in [3.63, 3.8) is 0 Å². The summed E-state index contributed by atoms with van der Waals surface area (Å²) in [5, 5.41) is 0. The highest BCUT2D eigenvalue weighted by molar-refractivity contribution is 6.35. The monoisotopic (exact) mass is 267 g/mol. The van der Waals surface area contributed by atoms with Crippen molar-refractivity contribution in [3.05, 3.63) is 71.8 Å². The molecule has 99 valence electrons. The van der Waals surface area contributed by atoms with Gasteiger partial charge in [0, 0.05) is 9.52 Å². The molecule has 0 N–H and O–H groups in total. The Hall–Kier alpha value is -1.34. The van der Waals surface area contributed by atoms with Crippen LogP contribution in [-0.2, 0) is 12.8 Å². The fourth-order valence-corrected chi connectivity index (χ4v) is 3.61. The molecule has 2 rings (SSSR count). The number of rotatable bonds is 8. The van der Waals surface area contributed by atoms with Crippen molar-refractivity contribution in [2.75, 3.05) is 0 Å². The summed E-state index contributed by atoms with van der Waals surface area (Å²) in [5.41, 5.74) is 2.98. The van der Waals surface area contributed by atoms with E-state index in [0.29, 0.717) is 9.52 Å². The van der Waals surface area contributed by atoms with Gasteiger partial charge in [0.05, 0.1) is 0 Å². The lowest BCUT2D eigenvalue weighted by Crippen LogP contribution is -1.93. The Morgan fingerprint density at radius 1 is 0.579 bits per heavy atom. The Kier molecular flexibility index (Phi) is 6.45. The average Bonchev–Trinajstić information content (AvgIpc) is 2.48. The van der Waals surface area contributed by atoms with Crippen molar-refractivity contribution in [1.82, 2.24) is 0 Å². The third-order valence-electron chi connectivity index (χ3n) is 3.43. The molecular formula is C18H23Si. The minimum atomic E-state index is 0.658. The maximum atomic E-state index is 2.24. The van der Waals surface area contributed by atoms with Crippen LogP contribution in [0.2, 0.25) is 12.1 Å². The van der Waals surface area contributed by atoms with Crippen molar-refractivity contribution >= 4 is 9.52 Å². The molecule has 0 aliphatic heterocycles. The lowest BCUT2D eigenvalue weighted by atomic mass is 10.1. The largest absolute Gasteiger partial charge is 0.0622 e. The topological polar surface area (TPSA) is 0 Å². The summed E-state index contributed by atoms with van der Waals surface area (Å²) in [6.45, 7) is 0. The molecule has 19 heavy (non-hydrogen) atoms. The first-order chi connectivity index (χ1) is 9.45. The van der Waals surface area contributed by atoms with Crippen LogP contribution in [0, 0.1) is 0 Å². The minimum absolute atomic E-state index is 0.658. The maximum Gasteiger partial charge on any atom is 0.0280 e. The molecule has 0 nitrogen and oxygen atoms in total. The number of hydrogen-bond donors (Lipinski definition) is 0. The van der Waals surface area contributed by atoms with Crippen LogP contribution in [0.3, 0.4) is 0 Å². The highest BCUT2D eigenvalue weighted by Gasteiger charge is 1.95. The standard InChI is InChI=1S/C18H23Si/c1-3-9-17(10-4-1)13-7-15-19-16-8-14-18-11-5-2-6-12-18/h1-6,9-12,19H,7-8,13-16H2. The second-order valence-corrected chi connectivity index (χ2v) is 6.78. The van der Waals surface area contributed by atoms with Crippen LogP contribution in [0.1, 0.15) is 24.0 Å². The van der Waals surface area contributed by atoms with Crippen molar-refractivity contribution < 1.29 is 0 Å². The summed E-state index contributed by atoms with van der Waals surface area (Å²) < 4.78 is 0. The lowest BCUT2D eigenvalue weighted by Gasteiger charge is -2.02. The Morgan fingerprint density at radius 2 is 1.00 bits per heavy atom. The van der Waals surface area contributed by atoms with Crippen LogP contribution >= 0.6 is 0 Å². The van der Waals surface area contributed by atoms with Crippen molar-refractivity contribution in [2.24, 2.45) is 0 Å². The molecule has 0 heterocycles. The molecule has 2 aromatic rings. The Labute approximate surface area is 119 Å².